The molecule has 184 valence electrons. The lowest BCUT2D eigenvalue weighted by Crippen LogP contribution is -2.39. The molecular weight excluding hydrogens is 442 g/mol. The molecule has 3 aromatic rings. The van der Waals surface area contributed by atoms with E-state index >= 15 is 0 Å². The molecule has 1 aliphatic heterocycles. The third-order valence-electron chi connectivity index (χ3n) is 7.18. The van der Waals surface area contributed by atoms with Gasteiger partial charge in [-0.15, -0.1) is 10.2 Å². The summed E-state index contributed by atoms with van der Waals surface area (Å²) in [6.45, 7) is 1.85. The summed E-state index contributed by atoms with van der Waals surface area (Å²) in [6.07, 6.45) is 9.31. The number of carboxylic acid groups (broad SMARTS) is 1. The Morgan fingerprint density at radius 3 is 2.40 bits per heavy atom. The van der Waals surface area contributed by atoms with Crippen molar-refractivity contribution in [1.82, 2.24) is 20.2 Å². The Hall–Kier alpha value is -3.26. The molecule has 1 aromatic carbocycles. The Kier molecular flexibility index (Phi) is 7.37. The van der Waals surface area contributed by atoms with E-state index in [0.29, 0.717) is 12.3 Å². The van der Waals surface area contributed by atoms with Crippen molar-refractivity contribution in [3.63, 3.8) is 0 Å². The van der Waals surface area contributed by atoms with Crippen LogP contribution in [-0.2, 0) is 16.0 Å². The molecule has 1 saturated carbocycles. The third kappa shape index (κ3) is 6.25. The summed E-state index contributed by atoms with van der Waals surface area (Å²) in [7, 11) is 0. The van der Waals surface area contributed by atoms with Crippen LogP contribution in [0.4, 0.5) is 5.82 Å². The molecule has 0 amide bonds. The summed E-state index contributed by atoms with van der Waals surface area (Å²) in [4.78, 5) is 21.2. The Morgan fingerprint density at radius 2 is 1.71 bits per heavy atom. The minimum Gasteiger partial charge on any atom is -0.481 e. The number of benzene rings is 1. The number of H-pyrrole nitrogens is 1. The number of anilines is 1. The molecule has 0 spiro atoms. The highest BCUT2D eigenvalue weighted by Gasteiger charge is 2.28. The number of hydrogen-bond donors (Lipinski definition) is 2. The second-order valence-electron chi connectivity index (χ2n) is 9.75. The van der Waals surface area contributed by atoms with Crippen LogP contribution in [0.15, 0.2) is 48.7 Å². The van der Waals surface area contributed by atoms with Crippen molar-refractivity contribution in [2.75, 3.05) is 18.0 Å². The van der Waals surface area contributed by atoms with Crippen molar-refractivity contribution in [1.29, 1.82) is 0 Å². The summed E-state index contributed by atoms with van der Waals surface area (Å²) >= 11 is 0. The molecule has 3 heterocycles. The number of carbonyl (C=O) groups is 1. The van der Waals surface area contributed by atoms with E-state index in [4.69, 9.17) is 14.8 Å². The van der Waals surface area contributed by atoms with Crippen LogP contribution in [0.25, 0.3) is 11.4 Å². The van der Waals surface area contributed by atoms with Crippen LogP contribution in [0.2, 0.25) is 0 Å². The number of nitrogens with zero attached hydrogens (tertiary/aromatic N) is 4. The molecule has 0 atom stereocenters. The first kappa shape index (κ1) is 23.5. The number of nitrogens with one attached hydrogen (secondary N) is 1. The highest BCUT2D eigenvalue weighted by atomic mass is 16.5. The topological polar surface area (TPSA) is 104 Å². The van der Waals surface area contributed by atoms with Gasteiger partial charge in [-0.25, -0.2) is 4.98 Å². The molecule has 1 saturated heterocycles. The predicted molar refractivity (Wildman–Crippen MR) is 133 cm³/mol. The van der Waals surface area contributed by atoms with E-state index in [-0.39, 0.29) is 12.2 Å². The van der Waals surface area contributed by atoms with Gasteiger partial charge in [-0.3, -0.25) is 4.79 Å². The van der Waals surface area contributed by atoms with Crippen LogP contribution in [0, 0.1) is 5.92 Å². The maximum atomic E-state index is 10.9. The number of ether oxygens (including phenoxy) is 1. The number of rotatable bonds is 8. The number of carboxylic acids is 1. The van der Waals surface area contributed by atoms with Crippen LogP contribution in [-0.4, -0.2) is 56.5 Å². The van der Waals surface area contributed by atoms with Gasteiger partial charge >= 0.3 is 5.97 Å². The fourth-order valence-corrected chi connectivity index (χ4v) is 5.22. The first-order valence-electron chi connectivity index (χ1n) is 12.7. The number of aromatic amines is 1. The van der Waals surface area contributed by atoms with Crippen LogP contribution in [0.1, 0.15) is 56.3 Å². The molecule has 2 fully saturated rings. The fraction of sp³-hybridized carbons (Fsp3) is 0.481. The van der Waals surface area contributed by atoms with Gasteiger partial charge in [-0.1, -0.05) is 30.3 Å². The largest absolute Gasteiger partial charge is 0.481 e. The van der Waals surface area contributed by atoms with Gasteiger partial charge in [-0.2, -0.15) is 0 Å². The summed E-state index contributed by atoms with van der Waals surface area (Å²) in [6, 6.07) is 14.3. The van der Waals surface area contributed by atoms with Gasteiger partial charge in [0.15, 0.2) is 5.82 Å². The smallest absolute Gasteiger partial charge is 0.303 e. The van der Waals surface area contributed by atoms with Gasteiger partial charge < -0.3 is 19.7 Å². The van der Waals surface area contributed by atoms with Gasteiger partial charge in [0.1, 0.15) is 11.6 Å². The molecule has 35 heavy (non-hydrogen) atoms. The van der Waals surface area contributed by atoms with Gasteiger partial charge in [0, 0.05) is 37.7 Å². The van der Waals surface area contributed by atoms with E-state index in [2.05, 4.69) is 38.3 Å². The zero-order chi connectivity index (χ0) is 24.0. The van der Waals surface area contributed by atoms with Gasteiger partial charge in [0.2, 0.25) is 0 Å². The van der Waals surface area contributed by atoms with E-state index in [1.807, 2.05) is 30.5 Å². The maximum absolute atomic E-state index is 10.9. The predicted octanol–water partition coefficient (Wildman–Crippen LogP) is 4.48. The van der Waals surface area contributed by atoms with E-state index in [1.165, 1.54) is 5.56 Å². The molecular formula is C27H33N5O3. The van der Waals surface area contributed by atoms with Crippen LogP contribution in [0.3, 0.4) is 0 Å². The molecule has 8 heteroatoms. The Bertz CT molecular complexity index is 1090. The second kappa shape index (κ2) is 11.0. The van der Waals surface area contributed by atoms with Crippen LogP contribution < -0.4 is 4.90 Å². The Balaban J connectivity index is 1.09. The fourth-order valence-electron chi connectivity index (χ4n) is 5.22. The summed E-state index contributed by atoms with van der Waals surface area (Å²) in [5, 5.41) is 17.6. The lowest BCUT2D eigenvalue weighted by atomic mass is 9.85. The number of piperidine rings is 1. The Morgan fingerprint density at radius 1 is 0.971 bits per heavy atom. The van der Waals surface area contributed by atoms with Crippen molar-refractivity contribution in [3.8, 4) is 11.4 Å². The molecule has 5 rings (SSSR count). The van der Waals surface area contributed by atoms with E-state index in [9.17, 15) is 4.79 Å². The molecule has 0 bridgehead atoms. The number of hydrogen-bond acceptors (Lipinski definition) is 6. The number of aliphatic carboxylic acids is 1. The molecule has 0 radical (unpaired) electrons. The monoisotopic (exact) mass is 475 g/mol. The summed E-state index contributed by atoms with van der Waals surface area (Å²) < 4.78 is 6.38. The molecule has 2 N–H and O–H groups in total. The zero-order valence-electron chi connectivity index (χ0n) is 20.0. The van der Waals surface area contributed by atoms with Gasteiger partial charge in [-0.05, 0) is 62.1 Å². The van der Waals surface area contributed by atoms with E-state index < -0.39 is 5.97 Å². The SMILES string of the molecule is O=C(O)C[C@H]1CC[C@H](OC2CCN(c3ccc(-c4nnc(Cc5ccccc5)[nH]4)cn3)CC2)CC1. The molecule has 2 aliphatic rings. The van der Waals surface area contributed by atoms with Crippen LogP contribution >= 0.6 is 0 Å². The lowest BCUT2D eigenvalue weighted by Gasteiger charge is -2.36. The second-order valence-corrected chi connectivity index (χ2v) is 9.75. The van der Waals surface area contributed by atoms with E-state index in [0.717, 1.165) is 81.1 Å². The minimum atomic E-state index is -0.683. The average molecular weight is 476 g/mol. The highest BCUT2D eigenvalue weighted by Crippen LogP contribution is 2.31. The number of aromatic nitrogens is 4. The van der Waals surface area contributed by atoms with Gasteiger partial charge in [0.25, 0.3) is 0 Å². The summed E-state index contributed by atoms with van der Waals surface area (Å²) in [5.41, 5.74) is 2.12. The standard InChI is InChI=1S/C27H33N5O3/c33-26(34)17-20-6-9-22(10-7-20)35-23-12-14-32(15-13-23)25-11-8-21(18-28-25)27-29-24(30-31-27)16-19-4-2-1-3-5-19/h1-5,8,11,18,20,22-23H,6-7,9-10,12-17H2,(H,33,34)(H,29,30,31)/t20-,22-. The van der Waals surface area contributed by atoms with Crippen molar-refractivity contribution in [2.24, 2.45) is 5.92 Å². The first-order chi connectivity index (χ1) is 17.1. The summed E-state index contributed by atoms with van der Waals surface area (Å²) in [5.74, 6) is 2.19. The van der Waals surface area contributed by atoms with Crippen molar-refractivity contribution < 1.29 is 14.6 Å². The van der Waals surface area contributed by atoms with E-state index in [1.54, 1.807) is 0 Å². The molecule has 0 unspecified atom stereocenters. The molecule has 1 aliphatic carbocycles. The van der Waals surface area contributed by atoms with Crippen molar-refractivity contribution in [2.45, 2.75) is 63.6 Å². The molecule has 2 aromatic heterocycles. The number of pyridine rings is 1. The maximum Gasteiger partial charge on any atom is 0.303 e. The highest BCUT2D eigenvalue weighted by molar-refractivity contribution is 5.67. The normalized spacial score (nSPS) is 21.2. The first-order valence-corrected chi connectivity index (χ1v) is 12.7. The average Bonchev–Trinajstić information content (AvgIpc) is 3.35. The third-order valence-corrected chi connectivity index (χ3v) is 7.18. The quantitative estimate of drug-likeness (QED) is 0.495. The van der Waals surface area contributed by atoms with Crippen molar-refractivity contribution >= 4 is 11.8 Å². The molecule has 8 nitrogen and oxygen atoms in total. The van der Waals surface area contributed by atoms with Crippen molar-refractivity contribution in [3.05, 3.63) is 60.0 Å². The lowest BCUT2D eigenvalue weighted by molar-refractivity contribution is -0.138. The Labute approximate surface area is 205 Å². The van der Waals surface area contributed by atoms with Crippen LogP contribution in [0.5, 0.6) is 0 Å². The van der Waals surface area contributed by atoms with Gasteiger partial charge in [0.05, 0.1) is 12.2 Å². The minimum absolute atomic E-state index is 0.280. The zero-order valence-corrected chi connectivity index (χ0v) is 20.0.